The number of Topliss-reactive ketones (excluding diaryl/α,β-unsaturated/α-hetero) is 1. The van der Waals surface area contributed by atoms with E-state index in [1.165, 1.54) is 37.3 Å². The zero-order valence-corrected chi connectivity index (χ0v) is 34.4. The van der Waals surface area contributed by atoms with Gasteiger partial charge in [0.15, 0.2) is 21.4 Å². The molecular weight excluding hydrogens is 756 g/mol. The van der Waals surface area contributed by atoms with Crippen molar-refractivity contribution in [3.8, 4) is 0 Å². The number of benzene rings is 3. The molecule has 4 bridgehead atoms. The lowest BCUT2D eigenvalue weighted by atomic mass is 9.91. The summed E-state index contributed by atoms with van der Waals surface area (Å²) in [6.45, 7) is 15.2. The second-order valence-corrected chi connectivity index (χ2v) is 18.2. The predicted octanol–water partition coefficient (Wildman–Crippen LogP) is 9.17. The van der Waals surface area contributed by atoms with E-state index in [-0.39, 0.29) is 58.4 Å². The van der Waals surface area contributed by atoms with Gasteiger partial charge in [0.25, 0.3) is 0 Å². The van der Waals surface area contributed by atoms with Gasteiger partial charge in [-0.25, -0.2) is 32.2 Å². The van der Waals surface area contributed by atoms with Crippen LogP contribution in [0.15, 0.2) is 65.7 Å². The molecule has 13 nitrogen and oxygen atoms in total. The summed E-state index contributed by atoms with van der Waals surface area (Å²) in [5, 5.41) is 5.99. The summed E-state index contributed by atoms with van der Waals surface area (Å²) in [4.78, 5) is 58.7. The molecule has 0 saturated heterocycles. The van der Waals surface area contributed by atoms with Crippen molar-refractivity contribution in [3.63, 3.8) is 0 Å². The largest absolute Gasteiger partial charge is 0.449 e. The summed E-state index contributed by atoms with van der Waals surface area (Å²) < 4.78 is 58.3. The molecule has 0 radical (unpaired) electrons. The number of sulfone groups is 1. The zero-order chi connectivity index (χ0) is 42.0. The van der Waals surface area contributed by atoms with Crippen LogP contribution in [0, 0.1) is 12.7 Å². The number of nitrogens with zero attached hydrogens (tertiary/aromatic N) is 2. The third kappa shape index (κ3) is 10.2. The van der Waals surface area contributed by atoms with Gasteiger partial charge in [-0.3, -0.25) is 10.1 Å². The molecule has 2 atom stereocenters. The number of pyridine rings is 1. The van der Waals surface area contributed by atoms with Gasteiger partial charge in [-0.2, -0.15) is 4.90 Å². The summed E-state index contributed by atoms with van der Waals surface area (Å²) in [6, 6.07) is 13.4. The van der Waals surface area contributed by atoms with Gasteiger partial charge in [0, 0.05) is 34.5 Å². The Morgan fingerprint density at radius 2 is 1.61 bits per heavy atom. The second kappa shape index (κ2) is 16.5. The standard InChI is InChI=1S/C42H49FN4O9S/c1-10-57(52,53)35-18-14-28-20-26(35)12-17-34(48)36(27-11-15-30(24(2)19-27)25(3)23-54-38(49)46-28)45-29-13-16-31-32(21-29)33(43)22-44-37(31)47(39(50)55-41(4,5)6)40(51)56-42(7,8)9/h11,13-16,18-22,25,36,45H,10,12,17,23H2,1-9H3,(H,46,49)/t25-,36+/m0/s1. The number of hydrogen-bond acceptors (Lipinski definition) is 11. The van der Waals surface area contributed by atoms with Crippen molar-refractivity contribution in [3.05, 3.63) is 88.9 Å². The highest BCUT2D eigenvalue weighted by Gasteiger charge is 2.35. The van der Waals surface area contributed by atoms with Crippen LogP contribution in [-0.4, -0.2) is 61.0 Å². The van der Waals surface area contributed by atoms with Crippen LogP contribution in [0.25, 0.3) is 10.8 Å². The Morgan fingerprint density at radius 1 is 0.947 bits per heavy atom. The minimum Gasteiger partial charge on any atom is -0.449 e. The van der Waals surface area contributed by atoms with E-state index in [0.717, 1.165) is 17.3 Å². The fourth-order valence-electron chi connectivity index (χ4n) is 6.43. The van der Waals surface area contributed by atoms with Crippen LogP contribution in [0.2, 0.25) is 0 Å². The van der Waals surface area contributed by atoms with Crippen LogP contribution >= 0.6 is 0 Å². The van der Waals surface area contributed by atoms with Gasteiger partial charge in [-0.1, -0.05) is 32.0 Å². The number of ketones is 1. The van der Waals surface area contributed by atoms with E-state index in [1.807, 2.05) is 26.0 Å². The number of anilines is 3. The van der Waals surface area contributed by atoms with Crippen molar-refractivity contribution >= 4 is 61.9 Å². The first kappa shape index (κ1) is 42.6. The zero-order valence-electron chi connectivity index (χ0n) is 33.6. The number of halogens is 1. The second-order valence-electron chi connectivity index (χ2n) is 16.0. The molecule has 57 heavy (non-hydrogen) atoms. The number of carbonyl (C=O) groups excluding carboxylic acids is 4. The molecule has 3 heterocycles. The molecule has 0 aliphatic carbocycles. The summed E-state index contributed by atoms with van der Waals surface area (Å²) in [6.07, 6.45) is -2.04. The molecule has 1 aromatic heterocycles. The van der Waals surface area contributed by atoms with E-state index in [0.29, 0.717) is 27.4 Å². The number of imide groups is 1. The van der Waals surface area contributed by atoms with Crippen LogP contribution in [0.4, 0.5) is 36.0 Å². The summed E-state index contributed by atoms with van der Waals surface area (Å²) in [5.74, 6) is -1.65. The van der Waals surface area contributed by atoms with Crippen molar-refractivity contribution in [1.29, 1.82) is 0 Å². The Bertz CT molecular complexity index is 2310. The minimum absolute atomic E-state index is 0.0172. The van der Waals surface area contributed by atoms with Crippen molar-refractivity contribution < 1.29 is 46.2 Å². The first-order valence-electron chi connectivity index (χ1n) is 18.6. The number of aromatic nitrogens is 1. The van der Waals surface area contributed by atoms with Crippen molar-refractivity contribution in [2.75, 3.05) is 27.9 Å². The third-order valence-corrected chi connectivity index (χ3v) is 10.9. The number of rotatable bonds is 5. The lowest BCUT2D eigenvalue weighted by Crippen LogP contribution is -2.44. The Labute approximate surface area is 332 Å². The molecule has 304 valence electrons. The average molecular weight is 805 g/mol. The number of hydrogen-bond donors (Lipinski definition) is 2. The molecule has 0 unspecified atom stereocenters. The maximum atomic E-state index is 15.6. The van der Waals surface area contributed by atoms with Gasteiger partial charge >= 0.3 is 18.3 Å². The van der Waals surface area contributed by atoms with Crippen LogP contribution in [0.5, 0.6) is 0 Å². The normalized spacial score (nSPS) is 16.7. The number of ether oxygens (including phenoxy) is 3. The van der Waals surface area contributed by atoms with E-state index in [1.54, 1.807) is 53.7 Å². The number of aryl methyl sites for hydroxylation is 2. The Morgan fingerprint density at radius 3 is 2.23 bits per heavy atom. The van der Waals surface area contributed by atoms with Gasteiger partial charge < -0.3 is 19.5 Å². The van der Waals surface area contributed by atoms with E-state index < -0.39 is 51.2 Å². The summed E-state index contributed by atoms with van der Waals surface area (Å²) in [5.41, 5.74) is 1.33. The third-order valence-electron chi connectivity index (χ3n) is 9.10. The summed E-state index contributed by atoms with van der Waals surface area (Å²) in [7, 11) is -3.69. The van der Waals surface area contributed by atoms with E-state index in [4.69, 9.17) is 14.2 Å². The molecule has 2 aliphatic heterocycles. The van der Waals surface area contributed by atoms with E-state index in [9.17, 15) is 27.6 Å². The fraction of sp³-hybridized carbons (Fsp3) is 0.405. The average Bonchev–Trinajstić information content (AvgIpc) is 3.11. The molecule has 0 spiro atoms. The minimum atomic E-state index is -3.69. The molecule has 3 aromatic carbocycles. The lowest BCUT2D eigenvalue weighted by Gasteiger charge is -2.28. The molecular formula is C42H49FN4O9S. The van der Waals surface area contributed by atoms with Gasteiger partial charge in [0.1, 0.15) is 23.1 Å². The highest BCUT2D eigenvalue weighted by atomic mass is 32.2. The number of carbonyl (C=O) groups is 4. The first-order valence-corrected chi connectivity index (χ1v) is 20.3. The predicted molar refractivity (Wildman–Crippen MR) is 215 cm³/mol. The maximum absolute atomic E-state index is 15.6. The van der Waals surface area contributed by atoms with Gasteiger partial charge in [0.05, 0.1) is 23.5 Å². The summed E-state index contributed by atoms with van der Waals surface area (Å²) >= 11 is 0. The maximum Gasteiger partial charge on any atom is 0.425 e. The highest BCUT2D eigenvalue weighted by molar-refractivity contribution is 7.91. The molecule has 0 fully saturated rings. The van der Waals surface area contributed by atoms with Crippen LogP contribution < -0.4 is 15.5 Å². The lowest BCUT2D eigenvalue weighted by molar-refractivity contribution is -0.119. The van der Waals surface area contributed by atoms with Crippen LogP contribution in [0.1, 0.15) is 96.0 Å². The molecule has 15 heteroatoms. The number of amides is 3. The molecule has 2 aliphatic rings. The number of nitrogens with one attached hydrogen (secondary N) is 2. The number of fused-ring (bicyclic) bond motifs is 10. The van der Waals surface area contributed by atoms with Gasteiger partial charge in [0.2, 0.25) is 0 Å². The highest BCUT2D eigenvalue weighted by Crippen LogP contribution is 2.34. The van der Waals surface area contributed by atoms with Crippen LogP contribution in [-0.2, 0) is 35.3 Å². The molecule has 2 N–H and O–H groups in total. The van der Waals surface area contributed by atoms with Gasteiger partial charge in [-0.05, 0) is 114 Å². The Balaban J connectivity index is 1.59. The van der Waals surface area contributed by atoms with Crippen molar-refractivity contribution in [2.24, 2.45) is 0 Å². The Kier molecular flexibility index (Phi) is 12.3. The topological polar surface area (TPSA) is 170 Å². The molecule has 4 aromatic rings. The van der Waals surface area contributed by atoms with E-state index >= 15 is 4.39 Å². The monoisotopic (exact) mass is 804 g/mol. The SMILES string of the molecule is CCS(=O)(=O)c1ccc2cc1CCC(=O)[C@H](Nc1ccc3c(N(C(=O)OC(C)(C)C)C(=O)OC(C)(C)C)ncc(F)c3c1)c1ccc(c(C)c1)[C@@H](C)COC(=O)N2. The van der Waals surface area contributed by atoms with Crippen molar-refractivity contribution in [2.45, 2.75) is 103 Å². The molecule has 0 saturated carbocycles. The smallest absolute Gasteiger partial charge is 0.425 e. The first-order chi connectivity index (χ1) is 26.6. The fourth-order valence-corrected chi connectivity index (χ4v) is 7.58. The quantitative estimate of drug-likeness (QED) is 0.184. The van der Waals surface area contributed by atoms with E-state index in [2.05, 4.69) is 15.6 Å². The molecule has 3 amide bonds. The van der Waals surface area contributed by atoms with Gasteiger partial charge in [-0.15, -0.1) is 0 Å². The van der Waals surface area contributed by atoms with Crippen molar-refractivity contribution in [1.82, 2.24) is 4.98 Å². The molecule has 6 rings (SSSR count). The Hall–Kier alpha value is -5.57. The van der Waals surface area contributed by atoms with Crippen LogP contribution in [0.3, 0.4) is 0 Å².